The predicted molar refractivity (Wildman–Crippen MR) is 202 cm³/mol. The fourth-order valence-corrected chi connectivity index (χ4v) is 7.42. The Kier molecular flexibility index (Phi) is 6.56. The fraction of sp³-hybridized carbons (Fsp3) is 0. The Morgan fingerprint density at radius 3 is 1.54 bits per heavy atom. The van der Waals surface area contributed by atoms with Crippen molar-refractivity contribution in [2.24, 2.45) is 0 Å². The van der Waals surface area contributed by atoms with Gasteiger partial charge in [0.1, 0.15) is 0 Å². The number of para-hydroxylation sites is 4. The Morgan fingerprint density at radius 1 is 0.440 bits per heavy atom. The van der Waals surface area contributed by atoms with Gasteiger partial charge in [0.2, 0.25) is 5.69 Å². The van der Waals surface area contributed by atoms with Crippen molar-refractivity contribution in [3.8, 4) is 45.8 Å². The summed E-state index contributed by atoms with van der Waals surface area (Å²) in [5.74, 6) is 0. The van der Waals surface area contributed by atoms with E-state index < -0.39 is 0 Å². The van der Waals surface area contributed by atoms with E-state index in [-0.39, 0.29) is 0 Å². The third-order valence-corrected chi connectivity index (χ3v) is 9.61. The molecule has 50 heavy (non-hydrogen) atoms. The maximum Gasteiger partial charge on any atom is 0.218 e. The van der Waals surface area contributed by atoms with Crippen molar-refractivity contribution in [1.29, 1.82) is 10.5 Å². The topological polar surface area (TPSA) is 61.8 Å². The van der Waals surface area contributed by atoms with Crippen LogP contribution >= 0.6 is 0 Å². The molecule has 0 radical (unpaired) electrons. The normalized spacial score (nSPS) is 11.1. The van der Waals surface area contributed by atoms with Crippen molar-refractivity contribution >= 4 is 49.3 Å². The van der Waals surface area contributed by atoms with Gasteiger partial charge in [-0.3, -0.25) is 0 Å². The molecule has 0 saturated carbocycles. The van der Waals surface area contributed by atoms with Crippen molar-refractivity contribution in [3.63, 3.8) is 0 Å². The predicted octanol–water partition coefficient (Wildman–Crippen LogP) is 11.5. The van der Waals surface area contributed by atoms with Gasteiger partial charge >= 0.3 is 0 Å². The molecule has 0 fully saturated rings. The lowest BCUT2D eigenvalue weighted by Crippen LogP contribution is -1.98. The van der Waals surface area contributed by atoms with Gasteiger partial charge in [-0.1, -0.05) is 97.1 Å². The molecule has 0 aliphatic carbocycles. The number of benzene rings is 7. The number of aromatic nitrogens is 2. The molecule has 230 valence electrons. The molecule has 2 aromatic heterocycles. The second kappa shape index (κ2) is 11.4. The summed E-state index contributed by atoms with van der Waals surface area (Å²) in [6, 6.07) is 55.5. The maximum absolute atomic E-state index is 10.2. The van der Waals surface area contributed by atoms with Crippen LogP contribution in [0.4, 0.5) is 5.69 Å². The quantitative estimate of drug-likeness (QED) is 0.181. The van der Waals surface area contributed by atoms with E-state index in [1.54, 1.807) is 18.2 Å². The molecule has 0 atom stereocenters. The fourth-order valence-electron chi connectivity index (χ4n) is 7.42. The molecular weight excluding hydrogens is 611 g/mol. The maximum atomic E-state index is 10.2. The van der Waals surface area contributed by atoms with Crippen LogP contribution in [0.15, 0.2) is 152 Å². The molecule has 7 aromatic carbocycles. The minimum Gasteiger partial charge on any atom is -0.319 e. The third-order valence-electron chi connectivity index (χ3n) is 9.61. The number of fused-ring (bicyclic) bond motifs is 6. The molecular formula is C45H25N5. The van der Waals surface area contributed by atoms with Crippen molar-refractivity contribution < 1.29 is 0 Å². The van der Waals surface area contributed by atoms with Gasteiger partial charge in [-0.25, -0.2) is 4.85 Å². The number of hydrogen-bond acceptors (Lipinski definition) is 2. The minimum absolute atomic E-state index is 0.453. The number of nitrogens with zero attached hydrogens (tertiary/aromatic N) is 5. The zero-order valence-corrected chi connectivity index (χ0v) is 26.7. The molecule has 0 bridgehead atoms. The summed E-state index contributed by atoms with van der Waals surface area (Å²) in [5, 5.41) is 24.1. The van der Waals surface area contributed by atoms with Gasteiger partial charge in [-0.2, -0.15) is 10.5 Å². The first-order chi connectivity index (χ1) is 24.7. The molecule has 0 amide bonds. The highest BCUT2D eigenvalue weighted by Gasteiger charge is 2.20. The van der Waals surface area contributed by atoms with Crippen LogP contribution in [0.5, 0.6) is 0 Å². The Bertz CT molecular complexity index is 2900. The van der Waals surface area contributed by atoms with Gasteiger partial charge in [0.05, 0.1) is 63.3 Å². The summed E-state index contributed by atoms with van der Waals surface area (Å²) >= 11 is 0. The lowest BCUT2D eigenvalue weighted by atomic mass is 9.96. The summed E-state index contributed by atoms with van der Waals surface area (Å²) in [5.41, 5.74) is 10.9. The van der Waals surface area contributed by atoms with Gasteiger partial charge in [0.15, 0.2) is 0 Å². The van der Waals surface area contributed by atoms with Crippen molar-refractivity contribution in [1.82, 2.24) is 9.13 Å². The van der Waals surface area contributed by atoms with Crippen molar-refractivity contribution in [3.05, 3.63) is 174 Å². The van der Waals surface area contributed by atoms with E-state index in [9.17, 15) is 10.5 Å². The number of hydrogen-bond donors (Lipinski definition) is 0. The molecule has 0 aliphatic rings. The van der Waals surface area contributed by atoms with Gasteiger partial charge in [-0.05, 0) is 71.3 Å². The van der Waals surface area contributed by atoms with E-state index in [0.717, 1.165) is 55.2 Å². The van der Waals surface area contributed by atoms with Gasteiger partial charge in [-0.15, -0.1) is 0 Å². The van der Waals surface area contributed by atoms with Crippen LogP contribution in [0.2, 0.25) is 0 Å². The largest absolute Gasteiger partial charge is 0.319 e. The van der Waals surface area contributed by atoms with Gasteiger partial charge in [0, 0.05) is 27.1 Å². The average molecular weight is 636 g/mol. The first-order valence-corrected chi connectivity index (χ1v) is 16.3. The van der Waals surface area contributed by atoms with E-state index in [1.807, 2.05) is 53.1 Å². The molecule has 0 spiro atoms. The second-order valence-electron chi connectivity index (χ2n) is 12.3. The van der Waals surface area contributed by atoms with E-state index >= 15 is 0 Å². The lowest BCUT2D eigenvalue weighted by molar-refractivity contribution is 1.18. The van der Waals surface area contributed by atoms with E-state index in [4.69, 9.17) is 6.57 Å². The second-order valence-corrected chi connectivity index (χ2v) is 12.3. The standard InChI is InChI=1S/C45H25N5/c1-48-45-37(25-30(28-47)26-44(45)50-42-17-9-5-13-36(42)38-24-29(27-46)18-23-43(38)50)32-21-19-31(20-22-32)33-10-2-6-14-39(33)49-40-15-7-3-11-34(40)35-12-4-8-16-41(35)49/h2-26H. The molecule has 9 aromatic rings. The third kappa shape index (κ3) is 4.31. The van der Waals surface area contributed by atoms with Crippen LogP contribution in [0.1, 0.15) is 11.1 Å². The highest BCUT2D eigenvalue weighted by Crippen LogP contribution is 2.43. The van der Waals surface area contributed by atoms with Crippen molar-refractivity contribution in [2.75, 3.05) is 0 Å². The van der Waals surface area contributed by atoms with E-state index in [2.05, 4.69) is 106 Å². The first-order valence-electron chi connectivity index (χ1n) is 16.3. The molecule has 9 rings (SSSR count). The van der Waals surface area contributed by atoms with Crippen LogP contribution in [0.3, 0.4) is 0 Å². The molecule has 5 heteroatoms. The summed E-state index contributed by atoms with van der Waals surface area (Å²) in [6.07, 6.45) is 0. The van der Waals surface area contributed by atoms with Crippen LogP contribution in [-0.4, -0.2) is 9.13 Å². The molecule has 0 saturated heterocycles. The molecule has 5 nitrogen and oxygen atoms in total. The highest BCUT2D eigenvalue weighted by molar-refractivity contribution is 6.11. The van der Waals surface area contributed by atoms with Gasteiger partial charge in [0.25, 0.3) is 0 Å². The molecule has 2 heterocycles. The minimum atomic E-state index is 0.453. The van der Waals surface area contributed by atoms with Crippen LogP contribution < -0.4 is 0 Å². The zero-order valence-electron chi connectivity index (χ0n) is 26.7. The summed E-state index contributed by atoms with van der Waals surface area (Å²) in [4.78, 5) is 4.08. The van der Waals surface area contributed by atoms with E-state index in [0.29, 0.717) is 28.1 Å². The molecule has 0 aliphatic heterocycles. The summed E-state index contributed by atoms with van der Waals surface area (Å²) in [7, 11) is 0. The molecule has 0 unspecified atom stereocenters. The number of rotatable bonds is 4. The Hall–Kier alpha value is -7.39. The lowest BCUT2D eigenvalue weighted by Gasteiger charge is -2.16. The Labute approximate surface area is 288 Å². The van der Waals surface area contributed by atoms with E-state index in [1.165, 1.54) is 10.8 Å². The SMILES string of the molecule is [C-]#[N+]c1c(-c2ccc(-c3ccccc3-n3c4ccccc4c4ccccc43)cc2)cc(C#N)cc1-n1c2ccccc2c2cc(C#N)ccc21. The zero-order chi connectivity index (χ0) is 33.8. The number of nitriles is 2. The Balaban J connectivity index is 1.21. The smallest absolute Gasteiger partial charge is 0.218 e. The summed E-state index contributed by atoms with van der Waals surface area (Å²) < 4.78 is 4.37. The highest BCUT2D eigenvalue weighted by atomic mass is 15.0. The summed E-state index contributed by atoms with van der Waals surface area (Å²) in [6.45, 7) is 8.38. The van der Waals surface area contributed by atoms with Crippen LogP contribution in [-0.2, 0) is 0 Å². The van der Waals surface area contributed by atoms with Crippen molar-refractivity contribution in [2.45, 2.75) is 0 Å². The molecule has 0 N–H and O–H groups in total. The van der Waals surface area contributed by atoms with Gasteiger partial charge < -0.3 is 9.13 Å². The first kappa shape index (κ1) is 28.8. The van der Waals surface area contributed by atoms with Crippen LogP contribution in [0.25, 0.3) is 82.1 Å². The Morgan fingerprint density at radius 2 is 0.940 bits per heavy atom. The average Bonchev–Trinajstić information content (AvgIpc) is 3.70. The monoisotopic (exact) mass is 635 g/mol. The van der Waals surface area contributed by atoms with Crippen LogP contribution in [0, 0.1) is 29.2 Å².